The summed E-state index contributed by atoms with van der Waals surface area (Å²) in [5, 5.41) is 7.59. The van der Waals surface area contributed by atoms with Crippen molar-refractivity contribution in [3.05, 3.63) is 0 Å². The highest BCUT2D eigenvalue weighted by Crippen LogP contribution is 1.98. The molecule has 0 heterocycles. The van der Waals surface area contributed by atoms with Gasteiger partial charge in [0.2, 0.25) is 0 Å². The molecule has 0 aromatic heterocycles. The van der Waals surface area contributed by atoms with E-state index in [4.69, 9.17) is 0 Å². The molecule has 0 N–H and O–H groups in total. The highest BCUT2D eigenvalue weighted by molar-refractivity contribution is 7.81. The van der Waals surface area contributed by atoms with Crippen LogP contribution in [0.25, 0.3) is 0 Å². The van der Waals surface area contributed by atoms with Crippen molar-refractivity contribution in [2.24, 2.45) is 19.3 Å². The molecule has 0 fully saturated rings. The zero-order valence-electron chi connectivity index (χ0n) is 10.3. The third kappa shape index (κ3) is 11.4. The van der Waals surface area contributed by atoms with Gasteiger partial charge in [-0.25, -0.2) is 4.21 Å². The summed E-state index contributed by atoms with van der Waals surface area (Å²) >= 11 is -1.61. The van der Waals surface area contributed by atoms with Gasteiger partial charge in [-0.3, -0.25) is 0 Å². The lowest BCUT2D eigenvalue weighted by Crippen LogP contribution is -1.83. The van der Waals surface area contributed by atoms with Gasteiger partial charge in [0.1, 0.15) is 0 Å². The Bertz CT molecular complexity index is 209. The lowest BCUT2D eigenvalue weighted by molar-refractivity contribution is 0.673. The molecule has 0 saturated carbocycles. The predicted octanol–water partition coefficient (Wildman–Crippen LogP) is 3.85. The molecule has 16 heavy (non-hydrogen) atoms. The van der Waals surface area contributed by atoms with Crippen LogP contribution >= 0.6 is 0 Å². The lowest BCUT2D eigenvalue weighted by Gasteiger charge is -1.90. The standard InChI is InChI=1S/C10H22N4OS/c1-3-5-7-9-11-13-16(15)14-12-10-8-6-4-2/h3-10H2,1-2H3. The Morgan fingerprint density at radius 2 is 1.25 bits per heavy atom. The van der Waals surface area contributed by atoms with Crippen LogP contribution in [0, 0.1) is 0 Å². The fraction of sp³-hybridized carbons (Fsp3) is 1.00. The van der Waals surface area contributed by atoms with E-state index in [9.17, 15) is 4.21 Å². The van der Waals surface area contributed by atoms with Crippen molar-refractivity contribution in [3.63, 3.8) is 0 Å². The maximum absolute atomic E-state index is 11.1. The Morgan fingerprint density at radius 3 is 1.62 bits per heavy atom. The Kier molecular flexibility index (Phi) is 11.9. The minimum Gasteiger partial charge on any atom is -0.206 e. The van der Waals surface area contributed by atoms with Gasteiger partial charge in [-0.1, -0.05) is 48.6 Å². The summed E-state index contributed by atoms with van der Waals surface area (Å²) < 4.78 is 18.2. The molecule has 0 atom stereocenters. The zero-order valence-corrected chi connectivity index (χ0v) is 11.1. The second-order valence-corrected chi connectivity index (χ2v) is 4.33. The van der Waals surface area contributed by atoms with E-state index in [0.29, 0.717) is 13.1 Å². The molecule has 0 spiro atoms. The third-order valence-electron chi connectivity index (χ3n) is 1.98. The first-order chi connectivity index (χ1) is 7.81. The molecule has 0 amide bonds. The Hall–Kier alpha value is -0.650. The van der Waals surface area contributed by atoms with Crippen molar-refractivity contribution >= 4 is 11.2 Å². The Balaban J connectivity index is 3.48. The van der Waals surface area contributed by atoms with Crippen molar-refractivity contribution in [1.29, 1.82) is 0 Å². The topological polar surface area (TPSA) is 66.5 Å². The monoisotopic (exact) mass is 246 g/mol. The summed E-state index contributed by atoms with van der Waals surface area (Å²) in [6, 6.07) is 0. The van der Waals surface area contributed by atoms with Gasteiger partial charge in [-0.05, 0) is 12.8 Å². The molecule has 0 radical (unpaired) electrons. The van der Waals surface area contributed by atoms with Crippen LogP contribution in [0.3, 0.4) is 0 Å². The van der Waals surface area contributed by atoms with E-state index in [0.717, 1.165) is 38.5 Å². The van der Waals surface area contributed by atoms with Gasteiger partial charge in [0.25, 0.3) is 0 Å². The fourth-order valence-corrected chi connectivity index (χ4v) is 1.46. The van der Waals surface area contributed by atoms with E-state index >= 15 is 0 Å². The second kappa shape index (κ2) is 12.4. The SMILES string of the molecule is CCCCCN=NS(=O)N=NCCCCC. The molecule has 0 unspecified atom stereocenters. The van der Waals surface area contributed by atoms with Gasteiger partial charge in [-0.2, -0.15) is 10.2 Å². The van der Waals surface area contributed by atoms with Crippen LogP contribution in [0.4, 0.5) is 0 Å². The summed E-state index contributed by atoms with van der Waals surface area (Å²) in [5.41, 5.74) is 0. The van der Waals surface area contributed by atoms with E-state index in [1.165, 1.54) is 0 Å². The first-order valence-electron chi connectivity index (χ1n) is 5.98. The van der Waals surface area contributed by atoms with Crippen molar-refractivity contribution in [2.75, 3.05) is 13.1 Å². The van der Waals surface area contributed by atoms with Gasteiger partial charge >= 0.3 is 11.2 Å². The summed E-state index contributed by atoms with van der Waals surface area (Å²) in [6.07, 6.45) is 6.54. The minimum absolute atomic E-state index is 0.630. The quantitative estimate of drug-likeness (QED) is 0.426. The van der Waals surface area contributed by atoms with Crippen LogP contribution in [0.1, 0.15) is 52.4 Å². The van der Waals surface area contributed by atoms with E-state index in [2.05, 4.69) is 33.1 Å². The third-order valence-corrected chi connectivity index (χ3v) is 2.49. The summed E-state index contributed by atoms with van der Waals surface area (Å²) in [7, 11) is 0. The highest BCUT2D eigenvalue weighted by Gasteiger charge is 1.91. The molecular weight excluding hydrogens is 224 g/mol. The van der Waals surface area contributed by atoms with Crippen LogP contribution in [0.2, 0.25) is 0 Å². The largest absolute Gasteiger partial charge is 0.303 e. The first-order valence-corrected chi connectivity index (χ1v) is 7.04. The molecule has 6 heteroatoms. The minimum atomic E-state index is -1.61. The average molecular weight is 246 g/mol. The van der Waals surface area contributed by atoms with Gasteiger partial charge in [-0.15, -0.1) is 0 Å². The fourth-order valence-electron chi connectivity index (χ4n) is 1.06. The molecule has 0 bridgehead atoms. The Labute approximate surface area is 101 Å². The van der Waals surface area contributed by atoms with E-state index in [-0.39, 0.29) is 0 Å². The number of rotatable bonds is 10. The van der Waals surface area contributed by atoms with Crippen LogP contribution < -0.4 is 0 Å². The van der Waals surface area contributed by atoms with Crippen molar-refractivity contribution < 1.29 is 4.21 Å². The predicted molar refractivity (Wildman–Crippen MR) is 66.6 cm³/mol. The molecule has 0 aromatic carbocycles. The maximum Gasteiger partial charge on any atom is 0.303 e. The number of hydrogen-bond donors (Lipinski definition) is 0. The normalized spacial score (nSPS) is 13.9. The molecule has 5 nitrogen and oxygen atoms in total. The first kappa shape index (κ1) is 15.3. The highest BCUT2D eigenvalue weighted by atomic mass is 32.2. The van der Waals surface area contributed by atoms with Crippen LogP contribution in [-0.2, 0) is 11.2 Å². The van der Waals surface area contributed by atoms with Crippen molar-refractivity contribution in [3.8, 4) is 0 Å². The molecule has 0 rings (SSSR count). The summed E-state index contributed by atoms with van der Waals surface area (Å²) in [4.78, 5) is 0. The van der Waals surface area contributed by atoms with Gasteiger partial charge in [0.15, 0.2) is 0 Å². The lowest BCUT2D eigenvalue weighted by atomic mass is 10.3. The zero-order chi connectivity index (χ0) is 12.1. The van der Waals surface area contributed by atoms with Crippen LogP contribution in [-0.4, -0.2) is 17.3 Å². The maximum atomic E-state index is 11.1. The summed E-state index contributed by atoms with van der Waals surface area (Å²) in [6.45, 7) is 5.51. The number of nitrogens with zero attached hydrogens (tertiary/aromatic N) is 4. The van der Waals surface area contributed by atoms with Crippen LogP contribution in [0.15, 0.2) is 19.3 Å². The van der Waals surface area contributed by atoms with Gasteiger partial charge in [0.05, 0.1) is 13.1 Å². The van der Waals surface area contributed by atoms with E-state index in [1.807, 2.05) is 0 Å². The molecule has 0 aliphatic carbocycles. The van der Waals surface area contributed by atoms with Crippen molar-refractivity contribution in [1.82, 2.24) is 0 Å². The molecule has 0 aromatic rings. The molecule has 0 aliphatic heterocycles. The smallest absolute Gasteiger partial charge is 0.206 e. The second-order valence-electron chi connectivity index (χ2n) is 3.54. The Morgan fingerprint density at radius 1 is 0.812 bits per heavy atom. The summed E-state index contributed by atoms with van der Waals surface area (Å²) in [5.74, 6) is 0. The van der Waals surface area contributed by atoms with Crippen molar-refractivity contribution in [2.45, 2.75) is 52.4 Å². The number of hydrogen-bond acceptors (Lipinski definition) is 3. The molecular formula is C10H22N4OS. The van der Waals surface area contributed by atoms with Gasteiger partial charge < -0.3 is 0 Å². The van der Waals surface area contributed by atoms with Gasteiger partial charge in [0, 0.05) is 0 Å². The molecule has 0 aliphatic rings. The molecule has 94 valence electrons. The molecule has 0 saturated heterocycles. The number of unbranched alkanes of at least 4 members (excludes halogenated alkanes) is 4. The average Bonchev–Trinajstić information content (AvgIpc) is 2.28. The van der Waals surface area contributed by atoms with E-state index < -0.39 is 11.2 Å². The van der Waals surface area contributed by atoms with E-state index in [1.54, 1.807) is 0 Å². The van der Waals surface area contributed by atoms with Crippen LogP contribution in [0.5, 0.6) is 0 Å².